The van der Waals surface area contributed by atoms with Gasteiger partial charge >= 0.3 is 0 Å². The molecule has 2 aromatic rings. The molecule has 0 saturated heterocycles. The highest BCUT2D eigenvalue weighted by Crippen LogP contribution is 2.25. The molecule has 2 rings (SSSR count). The SMILES string of the molecule is Cc1ccnc2c(CC(C)N)cc(Cl)cc12. The van der Waals surface area contributed by atoms with Gasteiger partial charge < -0.3 is 5.73 Å². The summed E-state index contributed by atoms with van der Waals surface area (Å²) in [7, 11) is 0. The van der Waals surface area contributed by atoms with Crippen LogP contribution in [0, 0.1) is 6.92 Å². The smallest absolute Gasteiger partial charge is 0.0738 e. The van der Waals surface area contributed by atoms with E-state index in [2.05, 4.69) is 11.9 Å². The van der Waals surface area contributed by atoms with E-state index in [1.807, 2.05) is 31.3 Å². The van der Waals surface area contributed by atoms with E-state index in [1.54, 1.807) is 0 Å². The van der Waals surface area contributed by atoms with Crippen molar-refractivity contribution >= 4 is 22.5 Å². The number of nitrogens with zero attached hydrogens (tertiary/aromatic N) is 1. The highest BCUT2D eigenvalue weighted by Gasteiger charge is 2.08. The molecule has 1 heterocycles. The fraction of sp³-hybridized carbons (Fsp3) is 0.308. The van der Waals surface area contributed by atoms with Crippen LogP contribution in [0.15, 0.2) is 24.4 Å². The van der Waals surface area contributed by atoms with Crippen LogP contribution in [0.4, 0.5) is 0 Å². The summed E-state index contributed by atoms with van der Waals surface area (Å²) in [4.78, 5) is 4.42. The largest absolute Gasteiger partial charge is 0.328 e. The Bertz CT molecular complexity index is 521. The first kappa shape index (κ1) is 11.4. The molecule has 0 bridgehead atoms. The molecule has 1 atom stereocenters. The van der Waals surface area contributed by atoms with E-state index in [1.165, 1.54) is 5.56 Å². The van der Waals surface area contributed by atoms with Crippen LogP contribution in [0.3, 0.4) is 0 Å². The maximum absolute atomic E-state index is 6.11. The topological polar surface area (TPSA) is 38.9 Å². The van der Waals surface area contributed by atoms with Crippen LogP contribution in [-0.4, -0.2) is 11.0 Å². The number of halogens is 1. The Balaban J connectivity index is 2.68. The van der Waals surface area contributed by atoms with Gasteiger partial charge in [-0.3, -0.25) is 4.98 Å². The first-order valence-electron chi connectivity index (χ1n) is 5.37. The predicted octanol–water partition coefficient (Wildman–Crippen LogP) is 3.09. The molecule has 84 valence electrons. The van der Waals surface area contributed by atoms with Crippen molar-refractivity contribution in [1.29, 1.82) is 0 Å². The van der Waals surface area contributed by atoms with Gasteiger partial charge in [0.05, 0.1) is 5.52 Å². The van der Waals surface area contributed by atoms with Crippen molar-refractivity contribution in [2.45, 2.75) is 26.3 Å². The summed E-state index contributed by atoms with van der Waals surface area (Å²) in [6.45, 7) is 4.05. The molecule has 0 aliphatic heterocycles. The van der Waals surface area contributed by atoms with Crippen LogP contribution >= 0.6 is 11.6 Å². The Hall–Kier alpha value is -1.12. The summed E-state index contributed by atoms with van der Waals surface area (Å²) in [6.07, 6.45) is 2.63. The maximum atomic E-state index is 6.11. The quantitative estimate of drug-likeness (QED) is 0.867. The molecule has 1 aromatic heterocycles. The first-order valence-corrected chi connectivity index (χ1v) is 5.75. The molecule has 1 aromatic carbocycles. The number of hydrogen-bond donors (Lipinski definition) is 1. The maximum Gasteiger partial charge on any atom is 0.0738 e. The Labute approximate surface area is 100 Å². The van der Waals surface area contributed by atoms with E-state index < -0.39 is 0 Å². The lowest BCUT2D eigenvalue weighted by molar-refractivity contribution is 0.740. The van der Waals surface area contributed by atoms with Crippen molar-refractivity contribution in [1.82, 2.24) is 4.98 Å². The van der Waals surface area contributed by atoms with Crippen molar-refractivity contribution in [3.63, 3.8) is 0 Å². The predicted molar refractivity (Wildman–Crippen MR) is 68.8 cm³/mol. The lowest BCUT2D eigenvalue weighted by Crippen LogP contribution is -2.18. The first-order chi connectivity index (χ1) is 7.58. The van der Waals surface area contributed by atoms with Gasteiger partial charge in [-0.05, 0) is 49.6 Å². The van der Waals surface area contributed by atoms with Gasteiger partial charge in [-0.1, -0.05) is 11.6 Å². The number of nitrogens with two attached hydrogens (primary N) is 1. The number of pyridine rings is 1. The van der Waals surface area contributed by atoms with Gasteiger partial charge in [-0.15, -0.1) is 0 Å². The molecule has 1 unspecified atom stereocenters. The average molecular weight is 235 g/mol. The number of aromatic nitrogens is 1. The van der Waals surface area contributed by atoms with Gasteiger partial charge in [0.2, 0.25) is 0 Å². The number of aryl methyl sites for hydroxylation is 1. The van der Waals surface area contributed by atoms with Crippen LogP contribution in [-0.2, 0) is 6.42 Å². The van der Waals surface area contributed by atoms with Crippen LogP contribution in [0.25, 0.3) is 10.9 Å². The second kappa shape index (κ2) is 4.40. The zero-order chi connectivity index (χ0) is 11.7. The minimum atomic E-state index is 0.115. The molecule has 16 heavy (non-hydrogen) atoms. The normalized spacial score (nSPS) is 13.0. The van der Waals surface area contributed by atoms with Crippen molar-refractivity contribution in [3.8, 4) is 0 Å². The summed E-state index contributed by atoms with van der Waals surface area (Å²) in [5, 5.41) is 1.87. The second-order valence-corrected chi connectivity index (χ2v) is 4.71. The molecule has 0 saturated carbocycles. The van der Waals surface area contributed by atoms with Crippen LogP contribution in [0.2, 0.25) is 5.02 Å². The summed E-state index contributed by atoms with van der Waals surface area (Å²) in [5.41, 5.74) is 9.17. The summed E-state index contributed by atoms with van der Waals surface area (Å²) in [6, 6.07) is 6.03. The van der Waals surface area contributed by atoms with E-state index in [0.717, 1.165) is 27.9 Å². The number of benzene rings is 1. The van der Waals surface area contributed by atoms with E-state index in [9.17, 15) is 0 Å². The Morgan fingerprint density at radius 1 is 1.44 bits per heavy atom. The highest BCUT2D eigenvalue weighted by molar-refractivity contribution is 6.31. The minimum Gasteiger partial charge on any atom is -0.328 e. The van der Waals surface area contributed by atoms with Gasteiger partial charge in [-0.25, -0.2) is 0 Å². The standard InChI is InChI=1S/C13H15ClN2/c1-8-3-4-16-13-10(5-9(2)15)6-11(14)7-12(8)13/h3-4,6-7,9H,5,15H2,1-2H3. The summed E-state index contributed by atoms with van der Waals surface area (Å²) >= 11 is 6.11. The van der Waals surface area contributed by atoms with Gasteiger partial charge in [0.1, 0.15) is 0 Å². The average Bonchev–Trinajstić information content (AvgIpc) is 2.18. The second-order valence-electron chi connectivity index (χ2n) is 4.27. The number of hydrogen-bond acceptors (Lipinski definition) is 2. The van der Waals surface area contributed by atoms with Crippen molar-refractivity contribution in [2.75, 3.05) is 0 Å². The molecular weight excluding hydrogens is 220 g/mol. The summed E-state index contributed by atoms with van der Waals surface area (Å²) in [5.74, 6) is 0. The lowest BCUT2D eigenvalue weighted by Gasteiger charge is -2.10. The summed E-state index contributed by atoms with van der Waals surface area (Å²) < 4.78 is 0. The van der Waals surface area contributed by atoms with Gasteiger partial charge in [0.25, 0.3) is 0 Å². The van der Waals surface area contributed by atoms with E-state index in [-0.39, 0.29) is 6.04 Å². The Kier molecular flexibility index (Phi) is 3.13. The van der Waals surface area contributed by atoms with E-state index >= 15 is 0 Å². The van der Waals surface area contributed by atoms with Crippen LogP contribution in [0.1, 0.15) is 18.1 Å². The monoisotopic (exact) mass is 234 g/mol. The molecule has 0 amide bonds. The van der Waals surface area contributed by atoms with Crippen molar-refractivity contribution < 1.29 is 0 Å². The lowest BCUT2D eigenvalue weighted by atomic mass is 10.0. The number of fused-ring (bicyclic) bond motifs is 1. The van der Waals surface area contributed by atoms with Gasteiger partial charge in [-0.2, -0.15) is 0 Å². The zero-order valence-corrected chi connectivity index (χ0v) is 10.3. The third-order valence-corrected chi connectivity index (χ3v) is 2.87. The Morgan fingerprint density at radius 2 is 2.19 bits per heavy atom. The van der Waals surface area contributed by atoms with E-state index in [4.69, 9.17) is 17.3 Å². The molecular formula is C13H15ClN2. The number of rotatable bonds is 2. The van der Waals surface area contributed by atoms with Crippen LogP contribution < -0.4 is 5.73 Å². The molecule has 0 radical (unpaired) electrons. The molecule has 0 fully saturated rings. The molecule has 0 aliphatic carbocycles. The third kappa shape index (κ3) is 2.18. The zero-order valence-electron chi connectivity index (χ0n) is 9.50. The third-order valence-electron chi connectivity index (χ3n) is 2.65. The molecule has 0 spiro atoms. The van der Waals surface area contributed by atoms with Gasteiger partial charge in [0.15, 0.2) is 0 Å². The Morgan fingerprint density at radius 3 is 2.88 bits per heavy atom. The molecule has 3 heteroatoms. The van der Waals surface area contributed by atoms with Crippen molar-refractivity contribution in [3.05, 3.63) is 40.5 Å². The fourth-order valence-corrected chi connectivity index (χ4v) is 2.17. The van der Waals surface area contributed by atoms with Gasteiger partial charge in [0, 0.05) is 22.6 Å². The van der Waals surface area contributed by atoms with Crippen LogP contribution in [0.5, 0.6) is 0 Å². The van der Waals surface area contributed by atoms with Crippen molar-refractivity contribution in [2.24, 2.45) is 5.73 Å². The fourth-order valence-electron chi connectivity index (χ4n) is 1.92. The highest BCUT2D eigenvalue weighted by atomic mass is 35.5. The van der Waals surface area contributed by atoms with E-state index in [0.29, 0.717) is 0 Å². The molecule has 2 nitrogen and oxygen atoms in total. The minimum absolute atomic E-state index is 0.115. The molecule has 0 aliphatic rings. The molecule has 2 N–H and O–H groups in total.